The third-order valence-corrected chi connectivity index (χ3v) is 5.39. The van der Waals surface area contributed by atoms with Crippen molar-refractivity contribution < 1.29 is 13.2 Å². The van der Waals surface area contributed by atoms with Crippen molar-refractivity contribution in [2.24, 2.45) is 0 Å². The normalized spacial score (nSPS) is 12.2. The number of nitrogens with zero attached hydrogens (tertiary/aromatic N) is 2. The molecule has 0 aliphatic rings. The smallest absolute Gasteiger partial charge is 0.355 e. The van der Waals surface area contributed by atoms with Gasteiger partial charge in [0, 0.05) is 22.8 Å². The zero-order valence-electron chi connectivity index (χ0n) is 17.8. The van der Waals surface area contributed by atoms with Gasteiger partial charge in [-0.1, -0.05) is 56.6 Å². The maximum atomic E-state index is 13.4. The van der Waals surface area contributed by atoms with Crippen LogP contribution in [0.25, 0.3) is 22.2 Å². The molecule has 2 heterocycles. The molecule has 0 radical (unpaired) electrons. The van der Waals surface area contributed by atoms with Crippen LogP contribution in [0.2, 0.25) is 5.15 Å². The molecule has 0 atom stereocenters. The van der Waals surface area contributed by atoms with Crippen LogP contribution in [0.1, 0.15) is 31.9 Å². The summed E-state index contributed by atoms with van der Waals surface area (Å²) in [6, 6.07) is 17.0. The quantitative estimate of drug-likeness (QED) is 0.318. The molecule has 1 N–H and O–H groups in total. The summed E-state index contributed by atoms with van der Waals surface area (Å²) in [6.45, 7) is 6.44. The second kappa shape index (κ2) is 8.10. The molecular formula is C25H21ClF3N3. The lowest BCUT2D eigenvalue weighted by atomic mass is 9.87. The summed E-state index contributed by atoms with van der Waals surface area (Å²) in [5.41, 5.74) is 2.70. The van der Waals surface area contributed by atoms with Gasteiger partial charge in [0.2, 0.25) is 0 Å². The van der Waals surface area contributed by atoms with Gasteiger partial charge in [-0.25, -0.2) is 4.98 Å². The summed E-state index contributed by atoms with van der Waals surface area (Å²) in [7, 11) is 0. The number of fused-ring (bicyclic) bond motifs is 1. The molecule has 0 fully saturated rings. The highest BCUT2D eigenvalue weighted by atomic mass is 35.5. The number of rotatable bonds is 3. The third-order valence-electron chi connectivity index (χ3n) is 5.20. The number of hydrogen-bond donors (Lipinski definition) is 1. The van der Waals surface area contributed by atoms with Crippen LogP contribution in [0.3, 0.4) is 0 Å². The van der Waals surface area contributed by atoms with E-state index in [1.807, 2.05) is 12.1 Å². The van der Waals surface area contributed by atoms with E-state index in [2.05, 4.69) is 48.2 Å². The molecule has 2 aromatic carbocycles. The molecule has 4 aromatic rings. The first-order valence-electron chi connectivity index (χ1n) is 10.0. The lowest BCUT2D eigenvalue weighted by molar-refractivity contribution is -0.137. The van der Waals surface area contributed by atoms with Crippen LogP contribution in [0.15, 0.2) is 66.9 Å². The number of hydrogen-bond acceptors (Lipinski definition) is 3. The molecular weight excluding hydrogens is 435 g/mol. The van der Waals surface area contributed by atoms with Crippen molar-refractivity contribution in [2.75, 3.05) is 5.32 Å². The Hall–Kier alpha value is -3.12. The highest BCUT2D eigenvalue weighted by Crippen LogP contribution is 2.37. The Morgan fingerprint density at radius 1 is 0.906 bits per heavy atom. The minimum Gasteiger partial charge on any atom is -0.355 e. The van der Waals surface area contributed by atoms with Gasteiger partial charge in [0.1, 0.15) is 5.15 Å². The molecule has 4 rings (SSSR count). The molecule has 0 saturated carbocycles. The fraction of sp³-hybridized carbons (Fsp3) is 0.200. The van der Waals surface area contributed by atoms with Gasteiger partial charge in [-0.15, -0.1) is 0 Å². The van der Waals surface area contributed by atoms with E-state index in [1.165, 1.54) is 17.8 Å². The van der Waals surface area contributed by atoms with Crippen LogP contribution in [-0.4, -0.2) is 9.97 Å². The lowest BCUT2D eigenvalue weighted by Gasteiger charge is -2.19. The molecule has 7 heteroatoms. The first-order valence-corrected chi connectivity index (χ1v) is 10.4. The molecule has 0 amide bonds. The van der Waals surface area contributed by atoms with Crippen LogP contribution in [-0.2, 0) is 11.6 Å². The van der Waals surface area contributed by atoms with Crippen LogP contribution in [0, 0.1) is 0 Å². The largest absolute Gasteiger partial charge is 0.418 e. The first kappa shape index (κ1) is 22.1. The van der Waals surface area contributed by atoms with E-state index in [0.717, 1.165) is 17.1 Å². The van der Waals surface area contributed by atoms with Crippen molar-refractivity contribution in [3.63, 3.8) is 0 Å². The van der Waals surface area contributed by atoms with E-state index < -0.39 is 11.7 Å². The number of aromatic nitrogens is 2. The van der Waals surface area contributed by atoms with Gasteiger partial charge in [0.15, 0.2) is 0 Å². The van der Waals surface area contributed by atoms with Gasteiger partial charge >= 0.3 is 6.18 Å². The maximum absolute atomic E-state index is 13.4. The fourth-order valence-corrected chi connectivity index (χ4v) is 3.72. The summed E-state index contributed by atoms with van der Waals surface area (Å²) in [5, 5.41) is 4.32. The molecule has 0 aliphatic heterocycles. The van der Waals surface area contributed by atoms with E-state index in [0.29, 0.717) is 16.8 Å². The van der Waals surface area contributed by atoms with Gasteiger partial charge in [0.05, 0.1) is 22.5 Å². The maximum Gasteiger partial charge on any atom is 0.418 e. The number of anilines is 2. The zero-order chi connectivity index (χ0) is 23.1. The second-order valence-corrected chi connectivity index (χ2v) is 8.96. The molecule has 0 aliphatic carbocycles. The summed E-state index contributed by atoms with van der Waals surface area (Å²) in [6.07, 6.45) is -3.17. The van der Waals surface area contributed by atoms with E-state index in [9.17, 15) is 13.2 Å². The predicted octanol–water partition coefficient (Wildman–Crippen LogP) is 8.01. The van der Waals surface area contributed by atoms with E-state index in [1.54, 1.807) is 24.3 Å². The highest BCUT2D eigenvalue weighted by Gasteiger charge is 2.34. The van der Waals surface area contributed by atoms with Crippen molar-refractivity contribution in [1.82, 2.24) is 9.97 Å². The van der Waals surface area contributed by atoms with Gasteiger partial charge in [0.25, 0.3) is 0 Å². The third kappa shape index (κ3) is 4.55. The SMILES string of the molecule is CC(C)(C)c1ccc(Nc2cc(Cl)nc3cc(-c4ncccc4C(F)(F)F)ccc23)cc1. The number of pyridine rings is 2. The number of nitrogens with one attached hydrogen (secondary N) is 1. The van der Waals surface area contributed by atoms with Crippen molar-refractivity contribution in [3.05, 3.63) is 83.1 Å². The van der Waals surface area contributed by atoms with Crippen LogP contribution in [0.5, 0.6) is 0 Å². The Labute approximate surface area is 189 Å². The number of benzene rings is 2. The molecule has 3 nitrogen and oxygen atoms in total. The highest BCUT2D eigenvalue weighted by molar-refractivity contribution is 6.30. The molecule has 0 bridgehead atoms. The standard InChI is InChI=1S/C25H21ClF3N3/c1-24(2,3)16-7-9-17(10-8-16)31-21-14-22(26)32-20-13-15(6-11-18(20)21)23-19(25(27,28)29)5-4-12-30-23/h4-14H,1-3H3,(H,31,32). The predicted molar refractivity (Wildman–Crippen MR) is 123 cm³/mol. The van der Waals surface area contributed by atoms with Crippen molar-refractivity contribution >= 4 is 33.9 Å². The van der Waals surface area contributed by atoms with Gasteiger partial charge in [-0.2, -0.15) is 13.2 Å². The molecule has 2 aromatic heterocycles. The van der Waals surface area contributed by atoms with Gasteiger partial charge in [-0.05, 0) is 47.4 Å². The number of alkyl halides is 3. The monoisotopic (exact) mass is 455 g/mol. The van der Waals surface area contributed by atoms with Gasteiger partial charge < -0.3 is 5.32 Å². The summed E-state index contributed by atoms with van der Waals surface area (Å²) < 4.78 is 40.3. The molecule has 0 unspecified atom stereocenters. The lowest BCUT2D eigenvalue weighted by Crippen LogP contribution is -2.10. The second-order valence-electron chi connectivity index (χ2n) is 8.57. The average Bonchev–Trinajstić information content (AvgIpc) is 2.72. The zero-order valence-corrected chi connectivity index (χ0v) is 18.5. The van der Waals surface area contributed by atoms with Crippen molar-refractivity contribution in [1.29, 1.82) is 0 Å². The van der Waals surface area contributed by atoms with E-state index >= 15 is 0 Å². The molecule has 32 heavy (non-hydrogen) atoms. The Balaban J connectivity index is 1.75. The van der Waals surface area contributed by atoms with Crippen molar-refractivity contribution in [3.8, 4) is 11.3 Å². The van der Waals surface area contributed by atoms with Crippen LogP contribution >= 0.6 is 11.6 Å². The summed E-state index contributed by atoms with van der Waals surface area (Å²) in [4.78, 5) is 8.29. The minimum absolute atomic E-state index is 0.0440. The first-order chi connectivity index (χ1) is 15.0. The van der Waals surface area contributed by atoms with E-state index in [4.69, 9.17) is 11.6 Å². The topological polar surface area (TPSA) is 37.8 Å². The van der Waals surface area contributed by atoms with Gasteiger partial charge in [-0.3, -0.25) is 4.98 Å². The van der Waals surface area contributed by atoms with Crippen molar-refractivity contribution in [2.45, 2.75) is 32.4 Å². The molecule has 164 valence electrons. The molecule has 0 spiro atoms. The minimum atomic E-state index is -4.51. The number of halogens is 4. The van der Waals surface area contributed by atoms with Crippen LogP contribution in [0.4, 0.5) is 24.5 Å². The Bertz CT molecular complexity index is 1280. The van der Waals surface area contributed by atoms with E-state index in [-0.39, 0.29) is 16.3 Å². The Kier molecular flexibility index (Phi) is 5.59. The average molecular weight is 456 g/mol. The van der Waals surface area contributed by atoms with Crippen LogP contribution < -0.4 is 5.32 Å². The summed E-state index contributed by atoms with van der Waals surface area (Å²) in [5.74, 6) is 0. The molecule has 0 saturated heterocycles. The Morgan fingerprint density at radius 3 is 2.28 bits per heavy atom. The fourth-order valence-electron chi connectivity index (χ4n) is 3.52. The Morgan fingerprint density at radius 2 is 1.62 bits per heavy atom. The summed E-state index contributed by atoms with van der Waals surface area (Å²) >= 11 is 6.23.